The average Bonchev–Trinajstić information content (AvgIpc) is 2.73. The van der Waals surface area contributed by atoms with Crippen molar-refractivity contribution in [2.24, 2.45) is 16.3 Å². The van der Waals surface area contributed by atoms with Crippen molar-refractivity contribution < 1.29 is 0 Å². The molecule has 3 heteroatoms. The minimum Gasteiger partial charge on any atom is -0.362 e. The van der Waals surface area contributed by atoms with Crippen molar-refractivity contribution in [2.45, 2.75) is 59.0 Å². The van der Waals surface area contributed by atoms with Gasteiger partial charge in [0, 0.05) is 11.8 Å². The first-order valence-electron chi connectivity index (χ1n) is 6.43. The Morgan fingerprint density at radius 2 is 2.19 bits per heavy atom. The summed E-state index contributed by atoms with van der Waals surface area (Å²) < 4.78 is 0. The van der Waals surface area contributed by atoms with Gasteiger partial charge in [0.15, 0.2) is 5.17 Å². The maximum absolute atomic E-state index is 4.77. The molecule has 2 unspecified atom stereocenters. The van der Waals surface area contributed by atoms with Crippen molar-refractivity contribution >= 4 is 16.9 Å². The number of amidine groups is 1. The summed E-state index contributed by atoms with van der Waals surface area (Å²) in [4.78, 5) is 4.77. The molecule has 2 atom stereocenters. The summed E-state index contributed by atoms with van der Waals surface area (Å²) in [5.41, 5.74) is 0.527. The molecule has 16 heavy (non-hydrogen) atoms. The van der Waals surface area contributed by atoms with Crippen LogP contribution in [0.1, 0.15) is 47.0 Å². The van der Waals surface area contributed by atoms with E-state index in [2.05, 4.69) is 33.0 Å². The zero-order valence-corrected chi connectivity index (χ0v) is 11.7. The van der Waals surface area contributed by atoms with Gasteiger partial charge in [-0.1, -0.05) is 39.5 Å². The van der Waals surface area contributed by atoms with E-state index in [1.807, 2.05) is 11.8 Å². The van der Waals surface area contributed by atoms with Crippen LogP contribution in [-0.4, -0.2) is 23.0 Å². The lowest BCUT2D eigenvalue weighted by Crippen LogP contribution is -2.31. The number of aliphatic imine (C=N–C) groups is 1. The topological polar surface area (TPSA) is 24.4 Å². The third kappa shape index (κ3) is 2.93. The lowest BCUT2D eigenvalue weighted by Gasteiger charge is -2.18. The first-order valence-corrected chi connectivity index (χ1v) is 7.42. The predicted octanol–water partition coefficient (Wildman–Crippen LogP) is 3.28. The molecule has 0 bridgehead atoms. The summed E-state index contributed by atoms with van der Waals surface area (Å²) in [5.74, 6) is 1.84. The predicted molar refractivity (Wildman–Crippen MR) is 73.1 cm³/mol. The zero-order valence-electron chi connectivity index (χ0n) is 10.9. The first-order chi connectivity index (χ1) is 7.46. The Kier molecular flexibility index (Phi) is 3.53. The van der Waals surface area contributed by atoms with E-state index >= 15 is 0 Å². The van der Waals surface area contributed by atoms with Crippen molar-refractivity contribution in [1.82, 2.24) is 5.32 Å². The third-order valence-electron chi connectivity index (χ3n) is 3.74. The number of nitrogens with one attached hydrogen (secondary N) is 1. The monoisotopic (exact) mass is 240 g/mol. The molecule has 0 aromatic carbocycles. The van der Waals surface area contributed by atoms with Crippen LogP contribution in [0, 0.1) is 11.3 Å². The Labute approximate surface area is 104 Å². The van der Waals surface area contributed by atoms with Gasteiger partial charge < -0.3 is 5.32 Å². The molecule has 2 nitrogen and oxygen atoms in total. The maximum Gasteiger partial charge on any atom is 0.157 e. The van der Waals surface area contributed by atoms with E-state index in [1.165, 1.54) is 24.4 Å². The van der Waals surface area contributed by atoms with Crippen LogP contribution in [0.3, 0.4) is 0 Å². The molecule has 0 spiro atoms. The van der Waals surface area contributed by atoms with Gasteiger partial charge in [-0.15, -0.1) is 0 Å². The van der Waals surface area contributed by atoms with E-state index in [0.717, 1.165) is 5.75 Å². The molecule has 0 aromatic heterocycles. The number of nitrogens with zero attached hydrogens (tertiary/aromatic N) is 1. The lowest BCUT2D eigenvalue weighted by atomic mass is 9.92. The molecule has 1 heterocycles. The van der Waals surface area contributed by atoms with Crippen molar-refractivity contribution in [2.75, 3.05) is 5.75 Å². The van der Waals surface area contributed by atoms with E-state index in [9.17, 15) is 0 Å². The quantitative estimate of drug-likeness (QED) is 0.801. The second kappa shape index (κ2) is 4.59. The van der Waals surface area contributed by atoms with Gasteiger partial charge in [-0.3, -0.25) is 4.99 Å². The molecule has 1 N–H and O–H groups in total. The van der Waals surface area contributed by atoms with Crippen LogP contribution >= 0.6 is 11.8 Å². The Hall–Kier alpha value is -0.180. The van der Waals surface area contributed by atoms with Gasteiger partial charge in [-0.25, -0.2) is 0 Å². The highest BCUT2D eigenvalue weighted by molar-refractivity contribution is 8.14. The van der Waals surface area contributed by atoms with Crippen LogP contribution in [0.5, 0.6) is 0 Å². The SMILES string of the molecule is CC(C)C1CSC(NC2CCC(C)(C)C2)=N1. The van der Waals surface area contributed by atoms with Gasteiger partial charge in [0.25, 0.3) is 0 Å². The second-order valence-electron chi connectivity index (χ2n) is 6.30. The van der Waals surface area contributed by atoms with Crippen LogP contribution in [0.2, 0.25) is 0 Å². The minimum absolute atomic E-state index is 0.527. The molecular formula is C13H24N2S. The fourth-order valence-corrected chi connectivity index (χ4v) is 3.79. The summed E-state index contributed by atoms with van der Waals surface area (Å²) >= 11 is 1.90. The van der Waals surface area contributed by atoms with Crippen LogP contribution < -0.4 is 5.32 Å². The highest BCUT2D eigenvalue weighted by Crippen LogP contribution is 2.37. The summed E-state index contributed by atoms with van der Waals surface area (Å²) in [6, 6.07) is 1.19. The fourth-order valence-electron chi connectivity index (χ4n) is 2.54. The Balaban J connectivity index is 1.85. The van der Waals surface area contributed by atoms with Crippen molar-refractivity contribution in [3.05, 3.63) is 0 Å². The Bertz CT molecular complexity index is 284. The molecule has 1 saturated carbocycles. The summed E-state index contributed by atoms with van der Waals surface area (Å²) in [5, 5.41) is 4.83. The van der Waals surface area contributed by atoms with E-state index in [1.54, 1.807) is 0 Å². The van der Waals surface area contributed by atoms with Gasteiger partial charge >= 0.3 is 0 Å². The van der Waals surface area contributed by atoms with Crippen LogP contribution in [0.4, 0.5) is 0 Å². The molecule has 1 aliphatic heterocycles. The van der Waals surface area contributed by atoms with Gasteiger partial charge in [-0.05, 0) is 30.6 Å². The molecule has 92 valence electrons. The normalized spacial score (nSPS) is 33.2. The smallest absolute Gasteiger partial charge is 0.157 e. The van der Waals surface area contributed by atoms with Crippen molar-refractivity contribution in [1.29, 1.82) is 0 Å². The molecule has 2 aliphatic rings. The number of hydrogen-bond acceptors (Lipinski definition) is 3. The lowest BCUT2D eigenvalue weighted by molar-refractivity contribution is 0.372. The van der Waals surface area contributed by atoms with Gasteiger partial charge in [-0.2, -0.15) is 0 Å². The molecule has 0 aromatic rings. The Morgan fingerprint density at radius 3 is 2.69 bits per heavy atom. The average molecular weight is 240 g/mol. The molecule has 2 rings (SSSR count). The van der Waals surface area contributed by atoms with Crippen molar-refractivity contribution in [3.8, 4) is 0 Å². The molecule has 0 saturated heterocycles. The number of thioether (sulfide) groups is 1. The summed E-state index contributed by atoms with van der Waals surface area (Å²) in [6.07, 6.45) is 3.94. The molecule has 1 fully saturated rings. The maximum atomic E-state index is 4.77. The van der Waals surface area contributed by atoms with E-state index in [0.29, 0.717) is 23.4 Å². The highest BCUT2D eigenvalue weighted by Gasteiger charge is 2.32. The standard InChI is InChI=1S/C13H24N2S/c1-9(2)11-8-16-12(15-11)14-10-5-6-13(3,4)7-10/h9-11H,5-8H2,1-4H3,(H,14,15). The molecule has 1 aliphatic carbocycles. The number of hydrogen-bond donors (Lipinski definition) is 1. The zero-order chi connectivity index (χ0) is 11.8. The largest absolute Gasteiger partial charge is 0.362 e. The summed E-state index contributed by atoms with van der Waals surface area (Å²) in [7, 11) is 0. The van der Waals surface area contributed by atoms with E-state index in [-0.39, 0.29) is 0 Å². The van der Waals surface area contributed by atoms with Crippen LogP contribution in [-0.2, 0) is 0 Å². The van der Waals surface area contributed by atoms with Crippen LogP contribution in [0.25, 0.3) is 0 Å². The van der Waals surface area contributed by atoms with Gasteiger partial charge in [0.05, 0.1) is 6.04 Å². The van der Waals surface area contributed by atoms with Gasteiger partial charge in [0.2, 0.25) is 0 Å². The molecule has 0 amide bonds. The molecule has 0 radical (unpaired) electrons. The highest BCUT2D eigenvalue weighted by atomic mass is 32.2. The fraction of sp³-hybridized carbons (Fsp3) is 0.923. The van der Waals surface area contributed by atoms with Crippen LogP contribution in [0.15, 0.2) is 4.99 Å². The first kappa shape index (κ1) is 12.3. The second-order valence-corrected chi connectivity index (χ2v) is 7.31. The van der Waals surface area contributed by atoms with E-state index < -0.39 is 0 Å². The van der Waals surface area contributed by atoms with Gasteiger partial charge in [0.1, 0.15) is 0 Å². The Morgan fingerprint density at radius 1 is 1.44 bits per heavy atom. The molecular weight excluding hydrogens is 216 g/mol. The van der Waals surface area contributed by atoms with Crippen molar-refractivity contribution in [3.63, 3.8) is 0 Å². The number of rotatable bonds is 2. The third-order valence-corrected chi connectivity index (χ3v) is 4.74. The van der Waals surface area contributed by atoms with E-state index in [4.69, 9.17) is 4.99 Å². The minimum atomic E-state index is 0.527. The summed E-state index contributed by atoms with van der Waals surface area (Å²) in [6.45, 7) is 9.26.